The standard InChI is InChI=1S/C24H27ClN4O/c1-3-21(30)23-22(17-5-9-19(25)10-6-17)26-24(27-23)18-7-11-20(12-8-18)29-14-4-13-28(2)15-16-29/h5-12H,3-4,13-16H2,1-2H3,(H,26,27). The zero-order chi connectivity index (χ0) is 21.1. The van der Waals surface area contributed by atoms with Gasteiger partial charge in [-0.15, -0.1) is 0 Å². The molecule has 2 heterocycles. The maximum absolute atomic E-state index is 12.5. The lowest BCUT2D eigenvalue weighted by atomic mass is 10.1. The second-order valence-corrected chi connectivity index (χ2v) is 8.22. The van der Waals surface area contributed by atoms with Crippen molar-refractivity contribution in [1.82, 2.24) is 14.9 Å². The van der Waals surface area contributed by atoms with Crippen LogP contribution in [0.4, 0.5) is 5.69 Å². The van der Waals surface area contributed by atoms with Gasteiger partial charge in [-0.1, -0.05) is 30.7 Å². The van der Waals surface area contributed by atoms with Crippen molar-refractivity contribution >= 4 is 23.1 Å². The van der Waals surface area contributed by atoms with Crippen LogP contribution in [0.2, 0.25) is 5.02 Å². The van der Waals surface area contributed by atoms with Crippen molar-refractivity contribution in [2.24, 2.45) is 0 Å². The van der Waals surface area contributed by atoms with Gasteiger partial charge < -0.3 is 14.8 Å². The van der Waals surface area contributed by atoms with Crippen LogP contribution in [0.15, 0.2) is 48.5 Å². The van der Waals surface area contributed by atoms with Crippen molar-refractivity contribution in [1.29, 1.82) is 0 Å². The monoisotopic (exact) mass is 422 g/mol. The third-order valence-corrected chi connectivity index (χ3v) is 5.90. The minimum absolute atomic E-state index is 0.0454. The number of aromatic amines is 1. The summed E-state index contributed by atoms with van der Waals surface area (Å²) in [6, 6.07) is 15.9. The largest absolute Gasteiger partial charge is 0.370 e. The predicted molar refractivity (Wildman–Crippen MR) is 123 cm³/mol. The minimum Gasteiger partial charge on any atom is -0.370 e. The number of likely N-dealkylation sites (N-methyl/N-ethyl adjacent to an activating group) is 1. The number of H-pyrrole nitrogens is 1. The Balaban J connectivity index is 1.63. The van der Waals surface area contributed by atoms with Crippen LogP contribution in [-0.4, -0.2) is 53.9 Å². The molecule has 156 valence electrons. The summed E-state index contributed by atoms with van der Waals surface area (Å²) in [5.74, 6) is 0.753. The number of nitrogens with one attached hydrogen (secondary N) is 1. The second kappa shape index (κ2) is 9.02. The molecule has 0 radical (unpaired) electrons. The van der Waals surface area contributed by atoms with Crippen molar-refractivity contribution in [3.8, 4) is 22.6 Å². The Morgan fingerprint density at radius 2 is 1.70 bits per heavy atom. The summed E-state index contributed by atoms with van der Waals surface area (Å²) in [5.41, 5.74) is 4.30. The summed E-state index contributed by atoms with van der Waals surface area (Å²) in [7, 11) is 2.18. The Labute approximate surface area is 182 Å². The summed E-state index contributed by atoms with van der Waals surface area (Å²) in [6.45, 7) is 6.18. The molecule has 0 spiro atoms. The summed E-state index contributed by atoms with van der Waals surface area (Å²) < 4.78 is 0. The maximum atomic E-state index is 12.5. The van der Waals surface area contributed by atoms with Gasteiger partial charge in [0.1, 0.15) is 11.5 Å². The van der Waals surface area contributed by atoms with E-state index in [9.17, 15) is 4.79 Å². The molecule has 1 aliphatic heterocycles. The Hall–Kier alpha value is -2.63. The third kappa shape index (κ3) is 4.42. The summed E-state index contributed by atoms with van der Waals surface area (Å²) in [6.07, 6.45) is 1.59. The molecule has 0 amide bonds. The molecule has 2 aromatic carbocycles. The number of hydrogen-bond donors (Lipinski definition) is 1. The Bertz CT molecular complexity index is 1010. The van der Waals surface area contributed by atoms with Gasteiger partial charge in [0.25, 0.3) is 0 Å². The maximum Gasteiger partial charge on any atom is 0.181 e. The number of benzene rings is 2. The molecule has 0 aliphatic carbocycles. The van der Waals surface area contributed by atoms with Crippen molar-refractivity contribution in [2.45, 2.75) is 19.8 Å². The van der Waals surface area contributed by atoms with Crippen LogP contribution in [0.25, 0.3) is 22.6 Å². The molecule has 1 fully saturated rings. The molecule has 30 heavy (non-hydrogen) atoms. The van der Waals surface area contributed by atoms with E-state index in [4.69, 9.17) is 16.6 Å². The second-order valence-electron chi connectivity index (χ2n) is 7.78. The van der Waals surface area contributed by atoms with Gasteiger partial charge in [0.05, 0.1) is 5.69 Å². The van der Waals surface area contributed by atoms with Crippen molar-refractivity contribution in [2.75, 3.05) is 38.1 Å². The molecule has 1 saturated heterocycles. The molecule has 0 unspecified atom stereocenters. The zero-order valence-corrected chi connectivity index (χ0v) is 18.2. The van der Waals surface area contributed by atoms with E-state index in [2.05, 4.69) is 46.1 Å². The number of Topliss-reactive ketones (excluding diaryl/α,β-unsaturated/α-hetero) is 1. The van der Waals surface area contributed by atoms with Gasteiger partial charge >= 0.3 is 0 Å². The fraction of sp³-hybridized carbons (Fsp3) is 0.333. The molecule has 6 heteroatoms. The van der Waals surface area contributed by atoms with Crippen LogP contribution in [0, 0.1) is 0 Å². The van der Waals surface area contributed by atoms with Crippen LogP contribution < -0.4 is 4.90 Å². The van der Waals surface area contributed by atoms with Crippen molar-refractivity contribution in [3.05, 3.63) is 59.2 Å². The lowest BCUT2D eigenvalue weighted by molar-refractivity contribution is 0.0984. The average Bonchev–Trinajstić information content (AvgIpc) is 3.10. The molecular formula is C24H27ClN4O. The predicted octanol–water partition coefficient (Wildman–Crippen LogP) is 5.13. The zero-order valence-electron chi connectivity index (χ0n) is 17.5. The highest BCUT2D eigenvalue weighted by Crippen LogP contribution is 2.29. The Morgan fingerprint density at radius 3 is 2.40 bits per heavy atom. The number of ketones is 1. The summed E-state index contributed by atoms with van der Waals surface area (Å²) >= 11 is 6.03. The first-order valence-electron chi connectivity index (χ1n) is 10.5. The van der Waals surface area contributed by atoms with E-state index >= 15 is 0 Å². The summed E-state index contributed by atoms with van der Waals surface area (Å²) in [4.78, 5) is 25.4. The number of halogens is 1. The van der Waals surface area contributed by atoms with Crippen LogP contribution in [0.3, 0.4) is 0 Å². The molecule has 0 saturated carbocycles. The van der Waals surface area contributed by atoms with E-state index < -0.39 is 0 Å². The van der Waals surface area contributed by atoms with Gasteiger partial charge in [0.2, 0.25) is 0 Å². The normalized spacial score (nSPS) is 15.2. The topological polar surface area (TPSA) is 52.2 Å². The fourth-order valence-corrected chi connectivity index (χ4v) is 3.97. The highest BCUT2D eigenvalue weighted by atomic mass is 35.5. The van der Waals surface area contributed by atoms with E-state index in [1.54, 1.807) is 0 Å². The van der Waals surface area contributed by atoms with Crippen molar-refractivity contribution in [3.63, 3.8) is 0 Å². The fourth-order valence-electron chi connectivity index (χ4n) is 3.84. The number of carbonyl (C=O) groups is 1. The van der Waals surface area contributed by atoms with E-state index in [1.165, 1.54) is 12.1 Å². The third-order valence-electron chi connectivity index (χ3n) is 5.65. The number of carbonyl (C=O) groups excluding carboxylic acids is 1. The smallest absolute Gasteiger partial charge is 0.181 e. The van der Waals surface area contributed by atoms with Gasteiger partial charge in [-0.2, -0.15) is 0 Å². The van der Waals surface area contributed by atoms with E-state index in [-0.39, 0.29) is 5.78 Å². The summed E-state index contributed by atoms with van der Waals surface area (Å²) in [5, 5.41) is 0.660. The number of imidazole rings is 1. The lowest BCUT2D eigenvalue weighted by Gasteiger charge is -2.22. The van der Waals surface area contributed by atoms with Gasteiger partial charge in [-0.05, 0) is 56.4 Å². The van der Waals surface area contributed by atoms with Gasteiger partial charge in [0, 0.05) is 47.9 Å². The van der Waals surface area contributed by atoms with E-state index in [1.807, 2.05) is 31.2 Å². The molecule has 0 atom stereocenters. The van der Waals surface area contributed by atoms with Gasteiger partial charge in [-0.3, -0.25) is 4.79 Å². The molecular weight excluding hydrogens is 396 g/mol. The van der Waals surface area contributed by atoms with Crippen LogP contribution in [-0.2, 0) is 0 Å². The number of anilines is 1. The lowest BCUT2D eigenvalue weighted by Crippen LogP contribution is -2.28. The van der Waals surface area contributed by atoms with Crippen LogP contribution in [0.5, 0.6) is 0 Å². The first kappa shape index (κ1) is 20.6. The molecule has 0 bridgehead atoms. The van der Waals surface area contributed by atoms with E-state index in [0.29, 0.717) is 28.7 Å². The number of aromatic nitrogens is 2. The average molecular weight is 423 g/mol. The number of nitrogens with zero attached hydrogens (tertiary/aromatic N) is 3. The van der Waals surface area contributed by atoms with E-state index in [0.717, 1.165) is 37.3 Å². The SMILES string of the molecule is CCC(=O)c1[nH]c(-c2ccc(N3CCCN(C)CC3)cc2)nc1-c1ccc(Cl)cc1. The number of rotatable bonds is 5. The molecule has 3 aromatic rings. The molecule has 1 aromatic heterocycles. The van der Waals surface area contributed by atoms with Gasteiger partial charge in [-0.25, -0.2) is 4.98 Å². The van der Waals surface area contributed by atoms with Crippen LogP contribution in [0.1, 0.15) is 30.3 Å². The minimum atomic E-state index is 0.0454. The first-order chi connectivity index (χ1) is 14.5. The Morgan fingerprint density at radius 1 is 1.00 bits per heavy atom. The molecule has 5 nitrogen and oxygen atoms in total. The Kier molecular flexibility index (Phi) is 6.21. The highest BCUT2D eigenvalue weighted by molar-refractivity contribution is 6.30. The molecule has 1 aliphatic rings. The van der Waals surface area contributed by atoms with Crippen LogP contribution >= 0.6 is 11.6 Å². The number of hydrogen-bond acceptors (Lipinski definition) is 4. The molecule has 1 N–H and O–H groups in total. The quantitative estimate of drug-likeness (QED) is 0.579. The van der Waals surface area contributed by atoms with Gasteiger partial charge in [0.15, 0.2) is 5.78 Å². The first-order valence-corrected chi connectivity index (χ1v) is 10.9. The highest BCUT2D eigenvalue weighted by Gasteiger charge is 2.19. The molecule has 4 rings (SSSR count). The van der Waals surface area contributed by atoms with Crippen molar-refractivity contribution < 1.29 is 4.79 Å².